The van der Waals surface area contributed by atoms with E-state index in [1.54, 1.807) is 6.07 Å². The summed E-state index contributed by atoms with van der Waals surface area (Å²) >= 11 is 0. The topological polar surface area (TPSA) is 58.4 Å². The van der Waals surface area contributed by atoms with Crippen molar-refractivity contribution in [3.63, 3.8) is 0 Å². The molecule has 1 saturated carbocycles. The molecule has 0 amide bonds. The smallest absolute Gasteiger partial charge is 0.274 e. The molecule has 5 heteroatoms. The summed E-state index contributed by atoms with van der Waals surface area (Å²) in [5.41, 5.74) is 2.23. The Hall–Kier alpha value is -1.62. The van der Waals surface area contributed by atoms with Crippen molar-refractivity contribution in [2.75, 3.05) is 24.5 Å². The minimum Gasteiger partial charge on any atom is -0.363 e. The van der Waals surface area contributed by atoms with Gasteiger partial charge in [0.05, 0.1) is 16.0 Å². The molecule has 1 saturated heterocycles. The molecule has 1 aliphatic heterocycles. The predicted octanol–water partition coefficient (Wildman–Crippen LogP) is 3.02. The summed E-state index contributed by atoms with van der Waals surface area (Å²) in [6.07, 6.45) is 6.19. The second kappa shape index (κ2) is 5.64. The fourth-order valence-electron chi connectivity index (χ4n) is 3.98. The molecule has 0 radical (unpaired) electrons. The Morgan fingerprint density at radius 3 is 2.76 bits per heavy atom. The Labute approximate surface area is 125 Å². The lowest BCUT2D eigenvalue weighted by atomic mass is 9.78. The van der Waals surface area contributed by atoms with E-state index in [1.807, 2.05) is 19.1 Å². The maximum absolute atomic E-state index is 11.2. The predicted molar refractivity (Wildman–Crippen MR) is 83.9 cm³/mol. The van der Waals surface area contributed by atoms with Crippen molar-refractivity contribution in [3.05, 3.63) is 33.9 Å². The second-order valence-corrected chi connectivity index (χ2v) is 6.29. The van der Waals surface area contributed by atoms with Crippen LogP contribution in [0.15, 0.2) is 18.2 Å². The molecule has 2 aliphatic rings. The van der Waals surface area contributed by atoms with Crippen LogP contribution in [0.25, 0.3) is 0 Å². The average molecular weight is 289 g/mol. The van der Waals surface area contributed by atoms with Gasteiger partial charge < -0.3 is 10.2 Å². The minimum absolute atomic E-state index is 0.149. The van der Waals surface area contributed by atoms with Crippen LogP contribution in [-0.4, -0.2) is 30.1 Å². The highest BCUT2D eigenvalue weighted by molar-refractivity contribution is 5.63. The van der Waals surface area contributed by atoms with Crippen LogP contribution in [0.5, 0.6) is 0 Å². The molecule has 0 bridgehead atoms. The molecular formula is C16H23N3O2. The minimum atomic E-state index is -0.269. The molecule has 0 aromatic heterocycles. The van der Waals surface area contributed by atoms with Gasteiger partial charge in [-0.25, -0.2) is 0 Å². The molecule has 0 unspecified atom stereocenters. The van der Waals surface area contributed by atoms with E-state index in [2.05, 4.69) is 10.2 Å². The zero-order valence-corrected chi connectivity index (χ0v) is 12.6. The van der Waals surface area contributed by atoms with Crippen LogP contribution in [0.4, 0.5) is 11.4 Å². The van der Waals surface area contributed by atoms with Crippen LogP contribution in [0.1, 0.15) is 37.7 Å². The summed E-state index contributed by atoms with van der Waals surface area (Å²) in [4.78, 5) is 13.4. The molecule has 1 spiro atoms. The number of hydrogen-bond acceptors (Lipinski definition) is 4. The highest BCUT2D eigenvalue weighted by Gasteiger charge is 2.40. The largest absolute Gasteiger partial charge is 0.363 e. The van der Waals surface area contributed by atoms with E-state index in [9.17, 15) is 10.1 Å². The summed E-state index contributed by atoms with van der Waals surface area (Å²) in [6.45, 7) is 4.76. The lowest BCUT2D eigenvalue weighted by molar-refractivity contribution is -0.385. The van der Waals surface area contributed by atoms with Gasteiger partial charge in [-0.15, -0.1) is 0 Å². The number of nitro benzene ring substituents is 1. The van der Waals surface area contributed by atoms with Crippen LogP contribution in [0.2, 0.25) is 0 Å². The Morgan fingerprint density at radius 1 is 1.29 bits per heavy atom. The second-order valence-electron chi connectivity index (χ2n) is 6.29. The molecule has 21 heavy (non-hydrogen) atoms. The van der Waals surface area contributed by atoms with Crippen molar-refractivity contribution in [3.8, 4) is 0 Å². The first-order valence-corrected chi connectivity index (χ1v) is 7.86. The molecule has 1 N–H and O–H groups in total. The van der Waals surface area contributed by atoms with Gasteiger partial charge in [0, 0.05) is 31.4 Å². The van der Waals surface area contributed by atoms with E-state index >= 15 is 0 Å². The Kier molecular flexibility index (Phi) is 3.85. The van der Waals surface area contributed by atoms with Crippen molar-refractivity contribution in [2.24, 2.45) is 0 Å². The third kappa shape index (κ3) is 2.50. The SMILES string of the molecule is Cc1c(N2CCNCC23CCCCC3)cccc1[N+](=O)[O-]. The number of nitrogens with zero attached hydrogens (tertiary/aromatic N) is 2. The van der Waals surface area contributed by atoms with Crippen LogP contribution in [-0.2, 0) is 0 Å². The van der Waals surface area contributed by atoms with E-state index in [0.29, 0.717) is 0 Å². The molecule has 1 aromatic carbocycles. The first-order valence-electron chi connectivity index (χ1n) is 7.86. The molecule has 2 fully saturated rings. The fraction of sp³-hybridized carbons (Fsp3) is 0.625. The van der Waals surface area contributed by atoms with Crippen molar-refractivity contribution < 1.29 is 4.92 Å². The van der Waals surface area contributed by atoms with Gasteiger partial charge in [0.2, 0.25) is 0 Å². The van der Waals surface area contributed by atoms with Crippen LogP contribution in [0, 0.1) is 17.0 Å². The average Bonchev–Trinajstić information content (AvgIpc) is 2.49. The Bertz CT molecular complexity index is 530. The maximum atomic E-state index is 11.2. The van der Waals surface area contributed by atoms with Gasteiger partial charge in [0.15, 0.2) is 0 Å². The molecule has 3 rings (SSSR count). The molecule has 1 aromatic rings. The molecule has 0 atom stereocenters. The van der Waals surface area contributed by atoms with E-state index < -0.39 is 0 Å². The Balaban J connectivity index is 2.01. The number of piperazine rings is 1. The summed E-state index contributed by atoms with van der Waals surface area (Å²) in [6, 6.07) is 5.47. The van der Waals surface area contributed by atoms with Gasteiger partial charge in [-0.3, -0.25) is 10.1 Å². The lowest BCUT2D eigenvalue weighted by Crippen LogP contribution is -2.62. The first kappa shape index (κ1) is 14.3. The van der Waals surface area contributed by atoms with E-state index in [-0.39, 0.29) is 16.1 Å². The third-order valence-electron chi connectivity index (χ3n) is 5.09. The molecular weight excluding hydrogens is 266 g/mol. The monoisotopic (exact) mass is 289 g/mol. The van der Waals surface area contributed by atoms with Gasteiger partial charge in [-0.05, 0) is 25.8 Å². The van der Waals surface area contributed by atoms with E-state index in [0.717, 1.165) is 30.9 Å². The summed E-state index contributed by atoms with van der Waals surface area (Å²) in [5.74, 6) is 0. The number of nitrogens with one attached hydrogen (secondary N) is 1. The lowest BCUT2D eigenvalue weighted by Gasteiger charge is -2.51. The standard InChI is InChI=1S/C16H23N3O2/c1-13-14(6-5-7-15(13)19(20)21)18-11-10-17-12-16(18)8-3-2-4-9-16/h5-7,17H,2-4,8-12H2,1H3. The van der Waals surface area contributed by atoms with Gasteiger partial charge in [-0.2, -0.15) is 0 Å². The first-order chi connectivity index (χ1) is 10.1. The summed E-state index contributed by atoms with van der Waals surface area (Å²) < 4.78 is 0. The van der Waals surface area contributed by atoms with Crippen molar-refractivity contribution >= 4 is 11.4 Å². The highest BCUT2D eigenvalue weighted by atomic mass is 16.6. The number of hydrogen-bond donors (Lipinski definition) is 1. The van der Waals surface area contributed by atoms with Crippen LogP contribution in [0.3, 0.4) is 0 Å². The van der Waals surface area contributed by atoms with Crippen LogP contribution >= 0.6 is 0 Å². The molecule has 1 aliphatic carbocycles. The Morgan fingerprint density at radius 2 is 2.05 bits per heavy atom. The van der Waals surface area contributed by atoms with E-state index in [4.69, 9.17) is 0 Å². The van der Waals surface area contributed by atoms with Gasteiger partial charge in [0.25, 0.3) is 5.69 Å². The quantitative estimate of drug-likeness (QED) is 0.671. The number of nitro groups is 1. The molecule has 114 valence electrons. The maximum Gasteiger partial charge on any atom is 0.274 e. The van der Waals surface area contributed by atoms with Crippen molar-refractivity contribution in [1.82, 2.24) is 5.32 Å². The third-order valence-corrected chi connectivity index (χ3v) is 5.09. The highest BCUT2D eigenvalue weighted by Crippen LogP contribution is 2.40. The number of benzene rings is 1. The summed E-state index contributed by atoms with van der Waals surface area (Å²) in [5, 5.41) is 14.7. The van der Waals surface area contributed by atoms with Crippen molar-refractivity contribution in [2.45, 2.75) is 44.6 Å². The van der Waals surface area contributed by atoms with Crippen molar-refractivity contribution in [1.29, 1.82) is 0 Å². The van der Waals surface area contributed by atoms with Gasteiger partial charge in [0.1, 0.15) is 0 Å². The van der Waals surface area contributed by atoms with E-state index in [1.165, 1.54) is 32.1 Å². The van der Waals surface area contributed by atoms with Gasteiger partial charge in [-0.1, -0.05) is 25.3 Å². The van der Waals surface area contributed by atoms with Gasteiger partial charge >= 0.3 is 0 Å². The normalized spacial score (nSPS) is 21.5. The van der Waals surface area contributed by atoms with Crippen LogP contribution < -0.4 is 10.2 Å². The summed E-state index contributed by atoms with van der Waals surface area (Å²) in [7, 11) is 0. The molecule has 5 nitrogen and oxygen atoms in total. The zero-order chi connectivity index (χ0) is 14.9. The zero-order valence-electron chi connectivity index (χ0n) is 12.6. The number of rotatable bonds is 2. The molecule has 1 heterocycles. The fourth-order valence-corrected chi connectivity index (χ4v) is 3.98. The number of anilines is 1.